The van der Waals surface area contributed by atoms with Crippen molar-refractivity contribution in [3.8, 4) is 0 Å². The SMILES string of the molecule is Nc1n[nH]c2ccc(S(=O)(=O)c3cc(F)ccc3F)nc12. The Kier molecular flexibility index (Phi) is 2.87. The van der Waals surface area contributed by atoms with Crippen LogP contribution in [-0.2, 0) is 9.84 Å². The largest absolute Gasteiger partial charge is 0.380 e. The average Bonchev–Trinajstić information content (AvgIpc) is 2.82. The highest BCUT2D eigenvalue weighted by atomic mass is 32.2. The first kappa shape index (κ1) is 13.4. The van der Waals surface area contributed by atoms with Crippen molar-refractivity contribution in [3.63, 3.8) is 0 Å². The maximum absolute atomic E-state index is 13.7. The van der Waals surface area contributed by atoms with Crippen molar-refractivity contribution < 1.29 is 17.2 Å². The van der Waals surface area contributed by atoms with Crippen LogP contribution in [0, 0.1) is 11.6 Å². The molecule has 2 heterocycles. The van der Waals surface area contributed by atoms with Gasteiger partial charge in [0.1, 0.15) is 22.0 Å². The number of aromatic amines is 1. The first-order valence-corrected chi connectivity index (χ1v) is 7.18. The molecule has 9 heteroatoms. The van der Waals surface area contributed by atoms with Crippen molar-refractivity contribution in [2.24, 2.45) is 0 Å². The fraction of sp³-hybridized carbons (Fsp3) is 0. The van der Waals surface area contributed by atoms with Gasteiger partial charge in [-0.2, -0.15) is 5.10 Å². The van der Waals surface area contributed by atoms with Crippen molar-refractivity contribution in [3.05, 3.63) is 42.0 Å². The number of nitrogen functional groups attached to an aromatic ring is 1. The summed E-state index contributed by atoms with van der Waals surface area (Å²) in [6.45, 7) is 0. The summed E-state index contributed by atoms with van der Waals surface area (Å²) in [5.41, 5.74) is 6.13. The minimum Gasteiger partial charge on any atom is -0.380 e. The third-order valence-electron chi connectivity index (χ3n) is 2.87. The van der Waals surface area contributed by atoms with Gasteiger partial charge in [0.05, 0.1) is 5.52 Å². The second kappa shape index (κ2) is 4.48. The number of H-pyrrole nitrogens is 1. The number of rotatable bonds is 2. The molecule has 6 nitrogen and oxygen atoms in total. The van der Waals surface area contributed by atoms with E-state index in [2.05, 4.69) is 15.2 Å². The van der Waals surface area contributed by atoms with E-state index in [0.29, 0.717) is 11.6 Å². The molecule has 3 aromatic rings. The summed E-state index contributed by atoms with van der Waals surface area (Å²) in [6, 6.07) is 4.75. The molecule has 0 saturated heterocycles. The van der Waals surface area contributed by atoms with Gasteiger partial charge in [0.15, 0.2) is 10.8 Å². The highest BCUT2D eigenvalue weighted by Gasteiger charge is 2.24. The zero-order valence-corrected chi connectivity index (χ0v) is 11.2. The van der Waals surface area contributed by atoms with E-state index in [-0.39, 0.29) is 11.3 Å². The number of hydrogen-bond acceptors (Lipinski definition) is 5. The van der Waals surface area contributed by atoms with Crippen LogP contribution in [0.4, 0.5) is 14.6 Å². The predicted octanol–water partition coefficient (Wildman–Crippen LogP) is 1.65. The minimum atomic E-state index is -4.30. The lowest BCUT2D eigenvalue weighted by Gasteiger charge is -2.05. The van der Waals surface area contributed by atoms with Gasteiger partial charge in [-0.15, -0.1) is 0 Å². The molecule has 0 atom stereocenters. The van der Waals surface area contributed by atoms with E-state index in [1.807, 2.05) is 0 Å². The first-order chi connectivity index (χ1) is 9.89. The molecule has 0 amide bonds. The maximum atomic E-state index is 13.7. The number of benzene rings is 1. The molecule has 0 spiro atoms. The van der Waals surface area contributed by atoms with Crippen LogP contribution in [0.25, 0.3) is 11.0 Å². The van der Waals surface area contributed by atoms with Crippen LogP contribution in [0.1, 0.15) is 0 Å². The second-order valence-corrected chi connectivity index (χ2v) is 6.10. The fourth-order valence-corrected chi connectivity index (χ4v) is 3.12. The Balaban J connectivity index is 2.24. The van der Waals surface area contributed by atoms with E-state index in [1.165, 1.54) is 12.1 Å². The molecule has 3 N–H and O–H groups in total. The van der Waals surface area contributed by atoms with Gasteiger partial charge < -0.3 is 5.73 Å². The number of nitrogens with one attached hydrogen (secondary N) is 1. The molecule has 1 aromatic carbocycles. The van der Waals surface area contributed by atoms with Crippen molar-refractivity contribution in [1.29, 1.82) is 0 Å². The average molecular weight is 310 g/mol. The number of hydrogen-bond donors (Lipinski definition) is 2. The van der Waals surface area contributed by atoms with Crippen LogP contribution < -0.4 is 5.73 Å². The van der Waals surface area contributed by atoms with Crippen LogP contribution in [0.15, 0.2) is 40.3 Å². The third-order valence-corrected chi connectivity index (χ3v) is 4.54. The zero-order chi connectivity index (χ0) is 15.2. The summed E-state index contributed by atoms with van der Waals surface area (Å²) in [4.78, 5) is 3.08. The Labute approximate surface area is 117 Å². The predicted molar refractivity (Wildman–Crippen MR) is 70.1 cm³/mol. The molecule has 108 valence electrons. The van der Waals surface area contributed by atoms with Gasteiger partial charge in [0.2, 0.25) is 9.84 Å². The van der Waals surface area contributed by atoms with Crippen LogP contribution in [-0.4, -0.2) is 23.6 Å². The molecule has 21 heavy (non-hydrogen) atoms. The molecule has 0 radical (unpaired) electrons. The van der Waals surface area contributed by atoms with Gasteiger partial charge in [-0.05, 0) is 30.3 Å². The Bertz CT molecular complexity index is 953. The Morgan fingerprint density at radius 2 is 1.90 bits per heavy atom. The second-order valence-electron chi connectivity index (χ2n) is 4.23. The minimum absolute atomic E-state index is 0.0155. The molecule has 0 saturated carbocycles. The van der Waals surface area contributed by atoms with Gasteiger partial charge in [0, 0.05) is 0 Å². The van der Waals surface area contributed by atoms with E-state index in [9.17, 15) is 17.2 Å². The lowest BCUT2D eigenvalue weighted by atomic mass is 10.3. The quantitative estimate of drug-likeness (QED) is 0.749. The first-order valence-electron chi connectivity index (χ1n) is 5.70. The number of halogens is 2. The van der Waals surface area contributed by atoms with Crippen molar-refractivity contribution >= 4 is 26.7 Å². The smallest absolute Gasteiger partial charge is 0.226 e. The Morgan fingerprint density at radius 3 is 2.67 bits per heavy atom. The normalized spacial score (nSPS) is 11.9. The molecule has 0 aliphatic carbocycles. The van der Waals surface area contributed by atoms with Crippen molar-refractivity contribution in [2.75, 3.05) is 5.73 Å². The van der Waals surface area contributed by atoms with Gasteiger partial charge in [-0.3, -0.25) is 5.10 Å². The number of anilines is 1. The van der Waals surface area contributed by atoms with Crippen molar-refractivity contribution in [1.82, 2.24) is 15.2 Å². The van der Waals surface area contributed by atoms with E-state index in [4.69, 9.17) is 5.73 Å². The summed E-state index contributed by atoms with van der Waals surface area (Å²) < 4.78 is 51.5. The summed E-state index contributed by atoms with van der Waals surface area (Å²) in [7, 11) is -4.30. The van der Waals surface area contributed by atoms with Gasteiger partial charge in [-0.1, -0.05) is 0 Å². The van der Waals surface area contributed by atoms with Crippen LogP contribution in [0.3, 0.4) is 0 Å². The van der Waals surface area contributed by atoms with Gasteiger partial charge in [-0.25, -0.2) is 22.2 Å². The molecular formula is C12H8F2N4O2S. The molecular weight excluding hydrogens is 302 g/mol. The third kappa shape index (κ3) is 2.11. The van der Waals surface area contributed by atoms with Crippen LogP contribution in [0.5, 0.6) is 0 Å². The van der Waals surface area contributed by atoms with E-state index >= 15 is 0 Å². The Morgan fingerprint density at radius 1 is 1.14 bits per heavy atom. The number of nitrogens with zero attached hydrogens (tertiary/aromatic N) is 2. The standard InChI is InChI=1S/C12H8F2N4O2S/c13-6-1-2-7(14)9(5-6)21(19,20)10-4-3-8-11(16-10)12(15)18-17-8/h1-5H,(H3,15,17,18). The molecule has 0 fully saturated rings. The lowest BCUT2D eigenvalue weighted by Crippen LogP contribution is -2.07. The van der Waals surface area contributed by atoms with Crippen LogP contribution >= 0.6 is 0 Å². The highest BCUT2D eigenvalue weighted by Crippen LogP contribution is 2.25. The van der Waals surface area contributed by atoms with E-state index in [1.54, 1.807) is 0 Å². The summed E-state index contributed by atoms with van der Waals surface area (Å²) >= 11 is 0. The summed E-state index contributed by atoms with van der Waals surface area (Å²) in [5.74, 6) is -1.90. The molecule has 0 aliphatic heterocycles. The van der Waals surface area contributed by atoms with Crippen molar-refractivity contribution in [2.45, 2.75) is 9.92 Å². The molecule has 3 rings (SSSR count). The van der Waals surface area contributed by atoms with E-state index in [0.717, 1.165) is 12.1 Å². The Hall–Kier alpha value is -2.55. The molecule has 0 unspecified atom stereocenters. The number of aromatic nitrogens is 3. The van der Waals surface area contributed by atoms with Gasteiger partial charge >= 0.3 is 0 Å². The highest BCUT2D eigenvalue weighted by molar-refractivity contribution is 7.91. The molecule has 0 bridgehead atoms. The number of pyridine rings is 1. The lowest BCUT2D eigenvalue weighted by molar-refractivity contribution is 0.551. The number of fused-ring (bicyclic) bond motifs is 1. The van der Waals surface area contributed by atoms with E-state index < -0.39 is 31.4 Å². The number of sulfone groups is 1. The monoisotopic (exact) mass is 310 g/mol. The maximum Gasteiger partial charge on any atom is 0.226 e. The topological polar surface area (TPSA) is 102 Å². The number of nitrogens with two attached hydrogens (primary N) is 1. The summed E-state index contributed by atoms with van der Waals surface area (Å²) in [6.07, 6.45) is 0. The molecule has 0 aliphatic rings. The fourth-order valence-electron chi connectivity index (χ4n) is 1.85. The van der Waals surface area contributed by atoms with Gasteiger partial charge in [0.25, 0.3) is 0 Å². The summed E-state index contributed by atoms with van der Waals surface area (Å²) in [5, 5.41) is 5.81. The molecule has 2 aromatic heterocycles. The van der Waals surface area contributed by atoms with Crippen LogP contribution in [0.2, 0.25) is 0 Å². The zero-order valence-electron chi connectivity index (χ0n) is 10.3.